The van der Waals surface area contributed by atoms with Gasteiger partial charge in [-0.2, -0.15) is 0 Å². The first kappa shape index (κ1) is 16.2. The number of carbonyl (C=O) groups is 1. The van der Waals surface area contributed by atoms with Crippen LogP contribution in [0, 0.1) is 5.92 Å². The van der Waals surface area contributed by atoms with E-state index in [1.165, 1.54) is 12.8 Å². The highest BCUT2D eigenvalue weighted by atomic mass is 16.5. The zero-order valence-corrected chi connectivity index (χ0v) is 10.9. The van der Waals surface area contributed by atoms with Gasteiger partial charge in [0.2, 0.25) is 0 Å². The molecule has 5 nitrogen and oxygen atoms in total. The molecule has 1 saturated carbocycles. The molecule has 4 N–H and O–H groups in total. The van der Waals surface area contributed by atoms with E-state index in [4.69, 9.17) is 10.9 Å². The van der Waals surface area contributed by atoms with Crippen LogP contribution in [0.25, 0.3) is 0 Å². The standard InChI is InChI=1S/C7H14O.C5H12N2O2/c1-6-3-2-4-7(8)5-6;1-2-3-4-9-5(8)7-6/h6-8H,2-5H2,1H3;2-4,6H2,1H3,(H,7,8). The second-order valence-corrected chi connectivity index (χ2v) is 4.56. The highest BCUT2D eigenvalue weighted by Gasteiger charge is 2.15. The molecule has 0 aliphatic heterocycles. The summed E-state index contributed by atoms with van der Waals surface area (Å²) in [4.78, 5) is 10.2. The van der Waals surface area contributed by atoms with Gasteiger partial charge >= 0.3 is 6.09 Å². The van der Waals surface area contributed by atoms with Crippen molar-refractivity contribution in [3.8, 4) is 0 Å². The van der Waals surface area contributed by atoms with E-state index in [1.807, 2.05) is 12.3 Å². The molecule has 1 amide bonds. The average Bonchev–Trinajstić information content (AvgIpc) is 2.29. The van der Waals surface area contributed by atoms with Crippen molar-refractivity contribution in [3.63, 3.8) is 0 Å². The molecule has 1 aliphatic carbocycles. The smallest absolute Gasteiger partial charge is 0.421 e. The van der Waals surface area contributed by atoms with Crippen molar-refractivity contribution in [2.75, 3.05) is 6.61 Å². The van der Waals surface area contributed by atoms with E-state index in [9.17, 15) is 4.79 Å². The van der Waals surface area contributed by atoms with Gasteiger partial charge in [-0.25, -0.2) is 10.6 Å². The van der Waals surface area contributed by atoms with Gasteiger partial charge < -0.3 is 9.84 Å². The third kappa shape index (κ3) is 10.1. The second-order valence-electron chi connectivity index (χ2n) is 4.56. The second kappa shape index (κ2) is 10.4. The molecule has 102 valence electrons. The summed E-state index contributed by atoms with van der Waals surface area (Å²) < 4.78 is 4.56. The van der Waals surface area contributed by atoms with Crippen molar-refractivity contribution in [1.29, 1.82) is 0 Å². The fourth-order valence-corrected chi connectivity index (χ4v) is 1.75. The van der Waals surface area contributed by atoms with E-state index in [1.54, 1.807) is 0 Å². The van der Waals surface area contributed by atoms with Crippen LogP contribution >= 0.6 is 0 Å². The van der Waals surface area contributed by atoms with Crippen LogP contribution in [-0.4, -0.2) is 23.9 Å². The molecule has 0 aromatic rings. The molecule has 5 heteroatoms. The summed E-state index contributed by atoms with van der Waals surface area (Å²) in [6, 6.07) is 0. The monoisotopic (exact) mass is 246 g/mol. The number of aliphatic hydroxyl groups excluding tert-OH is 1. The Kier molecular flexibility index (Phi) is 9.86. The summed E-state index contributed by atoms with van der Waals surface area (Å²) in [7, 11) is 0. The maximum Gasteiger partial charge on any atom is 0.421 e. The summed E-state index contributed by atoms with van der Waals surface area (Å²) >= 11 is 0. The van der Waals surface area contributed by atoms with Gasteiger partial charge in [-0.05, 0) is 25.2 Å². The average molecular weight is 246 g/mol. The van der Waals surface area contributed by atoms with E-state index < -0.39 is 6.09 Å². The number of carbonyl (C=O) groups excluding carboxylic acids is 1. The highest BCUT2D eigenvalue weighted by Crippen LogP contribution is 2.22. The molecule has 1 aliphatic rings. The zero-order valence-electron chi connectivity index (χ0n) is 10.9. The topological polar surface area (TPSA) is 84.6 Å². The summed E-state index contributed by atoms with van der Waals surface area (Å²) in [6.45, 7) is 4.67. The van der Waals surface area contributed by atoms with Gasteiger partial charge in [0.25, 0.3) is 0 Å². The molecule has 0 aromatic heterocycles. The maximum absolute atomic E-state index is 10.2. The van der Waals surface area contributed by atoms with Gasteiger partial charge in [-0.1, -0.05) is 33.1 Å². The van der Waals surface area contributed by atoms with Crippen LogP contribution in [0.5, 0.6) is 0 Å². The Hall–Kier alpha value is -0.810. The van der Waals surface area contributed by atoms with Gasteiger partial charge in [0, 0.05) is 0 Å². The van der Waals surface area contributed by atoms with Gasteiger partial charge in [0.1, 0.15) is 0 Å². The number of nitrogens with one attached hydrogen (secondary N) is 1. The predicted molar refractivity (Wildman–Crippen MR) is 67.2 cm³/mol. The van der Waals surface area contributed by atoms with Crippen LogP contribution in [-0.2, 0) is 4.74 Å². The van der Waals surface area contributed by atoms with Crippen molar-refractivity contribution in [1.82, 2.24) is 5.43 Å². The molecular weight excluding hydrogens is 220 g/mol. The third-order valence-electron chi connectivity index (χ3n) is 2.76. The quantitative estimate of drug-likeness (QED) is 0.307. The van der Waals surface area contributed by atoms with Gasteiger partial charge in [0.15, 0.2) is 0 Å². The zero-order chi connectivity index (χ0) is 13.1. The molecule has 0 saturated heterocycles. The van der Waals surface area contributed by atoms with Crippen LogP contribution < -0.4 is 11.3 Å². The summed E-state index contributed by atoms with van der Waals surface area (Å²) in [6.07, 6.45) is 5.94. The molecule has 1 fully saturated rings. The van der Waals surface area contributed by atoms with Crippen LogP contribution in [0.15, 0.2) is 0 Å². The molecule has 0 heterocycles. The minimum Gasteiger partial charge on any atom is -0.449 e. The van der Waals surface area contributed by atoms with Crippen molar-refractivity contribution < 1.29 is 14.6 Å². The number of ether oxygens (including phenoxy) is 1. The number of hydrogen-bond donors (Lipinski definition) is 3. The fourth-order valence-electron chi connectivity index (χ4n) is 1.75. The SMILES string of the molecule is CC1CCCC(O)C1.CCCCOC(=O)NN. The highest BCUT2D eigenvalue weighted by molar-refractivity contribution is 5.66. The largest absolute Gasteiger partial charge is 0.449 e. The Bertz CT molecular complexity index is 192. The number of amides is 1. The Morgan fingerprint density at radius 2 is 2.24 bits per heavy atom. The number of rotatable bonds is 3. The molecule has 0 aromatic carbocycles. The molecule has 0 bridgehead atoms. The minimum atomic E-state index is -0.566. The molecule has 2 atom stereocenters. The number of hydrazine groups is 1. The Balaban J connectivity index is 0.000000302. The molecule has 17 heavy (non-hydrogen) atoms. The summed E-state index contributed by atoms with van der Waals surface area (Å²) in [5, 5.41) is 9.08. The van der Waals surface area contributed by atoms with E-state index in [2.05, 4.69) is 11.7 Å². The first-order valence-corrected chi connectivity index (χ1v) is 6.41. The Morgan fingerprint density at radius 1 is 1.53 bits per heavy atom. The van der Waals surface area contributed by atoms with E-state index in [0.717, 1.165) is 31.6 Å². The lowest BCUT2D eigenvalue weighted by atomic mass is 9.89. The van der Waals surface area contributed by atoms with Crippen LogP contribution in [0.3, 0.4) is 0 Å². The first-order valence-electron chi connectivity index (χ1n) is 6.41. The van der Waals surface area contributed by atoms with Crippen LogP contribution in [0.4, 0.5) is 4.79 Å². The molecular formula is C12H26N2O3. The maximum atomic E-state index is 10.2. The third-order valence-corrected chi connectivity index (χ3v) is 2.76. The molecule has 0 radical (unpaired) electrons. The fraction of sp³-hybridized carbons (Fsp3) is 0.917. The summed E-state index contributed by atoms with van der Waals surface area (Å²) in [5.74, 6) is 5.49. The molecule has 2 unspecified atom stereocenters. The van der Waals surface area contributed by atoms with E-state index >= 15 is 0 Å². The van der Waals surface area contributed by atoms with Gasteiger partial charge in [0.05, 0.1) is 12.7 Å². The van der Waals surface area contributed by atoms with Crippen molar-refractivity contribution in [2.45, 2.75) is 58.5 Å². The van der Waals surface area contributed by atoms with Gasteiger partial charge in [-0.15, -0.1) is 0 Å². The molecule has 0 spiro atoms. The number of unbranched alkanes of at least 4 members (excludes halogenated alkanes) is 1. The Labute approximate surface area is 104 Å². The van der Waals surface area contributed by atoms with Crippen molar-refractivity contribution >= 4 is 6.09 Å². The normalized spacial score (nSPS) is 23.3. The van der Waals surface area contributed by atoms with Crippen molar-refractivity contribution in [2.24, 2.45) is 11.8 Å². The lowest BCUT2D eigenvalue weighted by molar-refractivity contribution is 0.106. The minimum absolute atomic E-state index is 0.0127. The Morgan fingerprint density at radius 3 is 2.65 bits per heavy atom. The van der Waals surface area contributed by atoms with Gasteiger partial charge in [-0.3, -0.25) is 5.43 Å². The molecule has 1 rings (SSSR count). The van der Waals surface area contributed by atoms with Crippen LogP contribution in [0.2, 0.25) is 0 Å². The number of aliphatic hydroxyl groups is 1. The number of nitrogens with two attached hydrogens (primary N) is 1. The predicted octanol–water partition coefficient (Wildman–Crippen LogP) is 1.94. The lowest BCUT2D eigenvalue weighted by Crippen LogP contribution is -2.30. The van der Waals surface area contributed by atoms with Crippen molar-refractivity contribution in [3.05, 3.63) is 0 Å². The van der Waals surface area contributed by atoms with E-state index in [-0.39, 0.29) is 6.10 Å². The number of hydrogen-bond acceptors (Lipinski definition) is 4. The van der Waals surface area contributed by atoms with Crippen LogP contribution in [0.1, 0.15) is 52.4 Å². The van der Waals surface area contributed by atoms with E-state index in [0.29, 0.717) is 6.61 Å². The lowest BCUT2D eigenvalue weighted by Gasteiger charge is -2.21. The summed E-state index contributed by atoms with van der Waals surface area (Å²) in [5.41, 5.74) is 1.86. The first-order chi connectivity index (χ1) is 8.10.